The molecule has 1 heterocycles. The molecule has 0 saturated heterocycles. The minimum Gasteiger partial charge on any atom is -0.493 e. The molecule has 0 saturated carbocycles. The molecule has 0 bridgehead atoms. The van der Waals surface area contributed by atoms with Crippen LogP contribution in [-0.2, 0) is 6.54 Å². The van der Waals surface area contributed by atoms with E-state index in [4.69, 9.17) is 4.74 Å². The van der Waals surface area contributed by atoms with Gasteiger partial charge in [-0.15, -0.1) is 0 Å². The Hall–Kier alpha value is -2.09. The Labute approximate surface area is 135 Å². The molecule has 0 atom stereocenters. The average Bonchev–Trinajstić information content (AvgIpc) is 2.60. The van der Waals surface area contributed by atoms with Crippen LogP contribution in [0.5, 0.6) is 5.75 Å². The molecule has 1 aromatic heterocycles. The second-order valence-electron chi connectivity index (χ2n) is 4.63. The van der Waals surface area contributed by atoms with Gasteiger partial charge in [0.25, 0.3) is 0 Å². The lowest BCUT2D eigenvalue weighted by Crippen LogP contribution is -2.34. The van der Waals surface area contributed by atoms with Crippen LogP contribution in [0.4, 0.5) is 0 Å². The molecule has 2 rings (SSSR count). The highest BCUT2D eigenvalue weighted by atomic mass is 16.5. The fourth-order valence-corrected chi connectivity index (χ4v) is 2.07. The zero-order valence-corrected chi connectivity index (χ0v) is 14.3. The minimum atomic E-state index is 0.755. The third-order valence-electron chi connectivity index (χ3n) is 3.13. The number of para-hydroxylation sites is 1. The maximum atomic E-state index is 5.77. The average molecular weight is 298 g/mol. The van der Waals surface area contributed by atoms with E-state index in [-0.39, 0.29) is 0 Å². The number of benzene rings is 1. The molecule has 2 nitrogen and oxygen atoms in total. The Bertz CT molecular complexity index is 575. The molecular weight excluding hydrogens is 270 g/mol. The summed E-state index contributed by atoms with van der Waals surface area (Å²) >= 11 is 0. The van der Waals surface area contributed by atoms with Crippen molar-refractivity contribution >= 4 is 12.2 Å². The molecule has 1 aromatic carbocycles. The van der Waals surface area contributed by atoms with Crippen LogP contribution in [0.2, 0.25) is 0 Å². The number of aromatic nitrogens is 1. The monoisotopic (exact) mass is 298 g/mol. The lowest BCUT2D eigenvalue weighted by atomic mass is 10.1. The van der Waals surface area contributed by atoms with Gasteiger partial charge in [0.2, 0.25) is 5.69 Å². The largest absolute Gasteiger partial charge is 0.493 e. The van der Waals surface area contributed by atoms with E-state index in [1.54, 1.807) is 0 Å². The third kappa shape index (κ3) is 5.36. The molecule has 0 amide bonds. The molecule has 118 valence electrons. The normalized spacial score (nSPS) is 10.2. The fraction of sp³-hybridized carbons (Fsp3) is 0.350. The standard InChI is InChI=1S/C18H22NO.C2H6/c1-3-15-20-18-11-6-5-9-16(18)12-13-17-10-7-8-14-19(17)4-2;1-2/h5-14H,3-4,15H2,1-2H3;1-2H3/q+1;/b13-12+;. The number of pyridine rings is 1. The molecule has 2 aromatic rings. The summed E-state index contributed by atoms with van der Waals surface area (Å²) in [6.45, 7) is 9.99. The van der Waals surface area contributed by atoms with Gasteiger partial charge >= 0.3 is 0 Å². The van der Waals surface area contributed by atoms with Crippen LogP contribution < -0.4 is 9.30 Å². The van der Waals surface area contributed by atoms with Crippen LogP contribution in [0.3, 0.4) is 0 Å². The number of aryl methyl sites for hydroxylation is 1. The number of ether oxygens (including phenoxy) is 1. The first kappa shape index (κ1) is 18.0. The lowest BCUT2D eigenvalue weighted by Gasteiger charge is -2.07. The molecule has 22 heavy (non-hydrogen) atoms. The highest BCUT2D eigenvalue weighted by molar-refractivity contribution is 5.70. The van der Waals surface area contributed by atoms with E-state index in [9.17, 15) is 0 Å². The smallest absolute Gasteiger partial charge is 0.205 e. The van der Waals surface area contributed by atoms with Crippen molar-refractivity contribution < 1.29 is 9.30 Å². The number of nitrogens with zero attached hydrogens (tertiary/aromatic N) is 1. The van der Waals surface area contributed by atoms with Gasteiger partial charge in [-0.25, -0.2) is 0 Å². The van der Waals surface area contributed by atoms with Crippen molar-refractivity contribution in [2.75, 3.05) is 6.61 Å². The third-order valence-corrected chi connectivity index (χ3v) is 3.13. The van der Waals surface area contributed by atoms with Crippen LogP contribution in [0.15, 0.2) is 48.7 Å². The minimum absolute atomic E-state index is 0.755. The topological polar surface area (TPSA) is 13.1 Å². The predicted octanol–water partition coefficient (Wildman–Crippen LogP) is 4.98. The summed E-state index contributed by atoms with van der Waals surface area (Å²) in [4.78, 5) is 0. The van der Waals surface area contributed by atoms with E-state index >= 15 is 0 Å². The van der Waals surface area contributed by atoms with Crippen molar-refractivity contribution in [2.45, 2.75) is 40.7 Å². The summed E-state index contributed by atoms with van der Waals surface area (Å²) in [5, 5.41) is 0. The van der Waals surface area contributed by atoms with Crippen LogP contribution in [-0.4, -0.2) is 6.61 Å². The highest BCUT2D eigenvalue weighted by Gasteiger charge is 2.04. The van der Waals surface area contributed by atoms with Crippen molar-refractivity contribution in [3.63, 3.8) is 0 Å². The summed E-state index contributed by atoms with van der Waals surface area (Å²) in [5.74, 6) is 0.949. The second-order valence-corrected chi connectivity index (χ2v) is 4.63. The van der Waals surface area contributed by atoms with Crippen LogP contribution in [0.25, 0.3) is 12.2 Å². The Morgan fingerprint density at radius 1 is 0.955 bits per heavy atom. The van der Waals surface area contributed by atoms with Gasteiger partial charge in [-0.3, -0.25) is 0 Å². The maximum Gasteiger partial charge on any atom is 0.205 e. The van der Waals surface area contributed by atoms with Gasteiger partial charge in [-0.05, 0) is 31.6 Å². The summed E-state index contributed by atoms with van der Waals surface area (Å²) in [6.07, 6.45) is 7.37. The second kappa shape index (κ2) is 10.6. The predicted molar refractivity (Wildman–Crippen MR) is 94.8 cm³/mol. The lowest BCUT2D eigenvalue weighted by molar-refractivity contribution is -0.695. The SMILES string of the molecule is CC.CCCOc1ccccc1/C=C/c1cccc[n+]1CC. The van der Waals surface area contributed by atoms with E-state index in [0.717, 1.165) is 30.9 Å². The number of hydrogen-bond acceptors (Lipinski definition) is 1. The van der Waals surface area contributed by atoms with Gasteiger partial charge in [0.15, 0.2) is 6.20 Å². The van der Waals surface area contributed by atoms with Crippen molar-refractivity contribution in [1.82, 2.24) is 0 Å². The van der Waals surface area contributed by atoms with Gasteiger partial charge in [-0.2, -0.15) is 4.57 Å². The van der Waals surface area contributed by atoms with Gasteiger partial charge in [0.1, 0.15) is 12.3 Å². The molecule has 0 N–H and O–H groups in total. The first-order chi connectivity index (χ1) is 10.8. The van der Waals surface area contributed by atoms with Crippen molar-refractivity contribution in [3.05, 3.63) is 59.9 Å². The van der Waals surface area contributed by atoms with Gasteiger partial charge in [0.05, 0.1) is 6.61 Å². The molecule has 0 spiro atoms. The Kier molecular flexibility index (Phi) is 8.66. The van der Waals surface area contributed by atoms with Gasteiger partial charge < -0.3 is 4.74 Å². The molecule has 0 aliphatic carbocycles. The van der Waals surface area contributed by atoms with Crippen LogP contribution >= 0.6 is 0 Å². The summed E-state index contributed by atoms with van der Waals surface area (Å²) in [6, 6.07) is 14.4. The zero-order valence-electron chi connectivity index (χ0n) is 14.3. The molecule has 2 heteroatoms. The van der Waals surface area contributed by atoms with Crippen molar-refractivity contribution in [1.29, 1.82) is 0 Å². The first-order valence-corrected chi connectivity index (χ1v) is 8.23. The quantitative estimate of drug-likeness (QED) is 0.686. The summed E-state index contributed by atoms with van der Waals surface area (Å²) < 4.78 is 7.99. The molecule has 0 radical (unpaired) electrons. The van der Waals surface area contributed by atoms with Crippen LogP contribution in [0.1, 0.15) is 45.4 Å². The van der Waals surface area contributed by atoms with E-state index in [0.29, 0.717) is 0 Å². The Balaban J connectivity index is 0.00000116. The van der Waals surface area contributed by atoms with E-state index in [1.807, 2.05) is 32.0 Å². The van der Waals surface area contributed by atoms with Crippen LogP contribution in [0, 0.1) is 0 Å². The highest BCUT2D eigenvalue weighted by Crippen LogP contribution is 2.20. The molecular formula is C20H28NO+. The maximum absolute atomic E-state index is 5.77. The van der Waals surface area contributed by atoms with E-state index < -0.39 is 0 Å². The zero-order chi connectivity index (χ0) is 16.2. The van der Waals surface area contributed by atoms with Gasteiger partial charge in [0, 0.05) is 23.8 Å². The fourth-order valence-electron chi connectivity index (χ4n) is 2.07. The summed E-state index contributed by atoms with van der Waals surface area (Å²) in [7, 11) is 0. The Morgan fingerprint density at radius 2 is 1.68 bits per heavy atom. The molecule has 0 unspecified atom stereocenters. The molecule has 0 aliphatic heterocycles. The Morgan fingerprint density at radius 3 is 2.41 bits per heavy atom. The molecule has 0 fully saturated rings. The van der Waals surface area contributed by atoms with Crippen molar-refractivity contribution in [2.24, 2.45) is 0 Å². The van der Waals surface area contributed by atoms with E-state index in [2.05, 4.69) is 61.0 Å². The number of hydrogen-bond donors (Lipinski definition) is 0. The summed E-state index contributed by atoms with van der Waals surface area (Å²) in [5.41, 5.74) is 2.31. The van der Waals surface area contributed by atoms with Gasteiger partial charge in [-0.1, -0.05) is 39.0 Å². The molecule has 0 aliphatic rings. The number of rotatable bonds is 6. The first-order valence-electron chi connectivity index (χ1n) is 8.23. The van der Waals surface area contributed by atoms with E-state index in [1.165, 1.54) is 5.69 Å². The van der Waals surface area contributed by atoms with Crippen molar-refractivity contribution in [3.8, 4) is 5.75 Å².